The van der Waals surface area contributed by atoms with Crippen LogP contribution in [0.4, 0.5) is 0 Å². The normalized spacial score (nSPS) is 13.4. The molecule has 2 rings (SSSR count). The van der Waals surface area contributed by atoms with Crippen LogP contribution in [-0.2, 0) is 18.5 Å². The zero-order chi connectivity index (χ0) is 15.5. The summed E-state index contributed by atoms with van der Waals surface area (Å²) in [4.78, 5) is 0. The zero-order valence-corrected chi connectivity index (χ0v) is 14.7. The predicted octanol–water partition coefficient (Wildman–Crippen LogP) is 3.52. The van der Waals surface area contributed by atoms with Gasteiger partial charge in [-0.25, -0.2) is 4.68 Å². The quantitative estimate of drug-likeness (QED) is 0.896. The Bertz CT molecular complexity index is 569. The zero-order valence-electron chi connectivity index (χ0n) is 13.1. The van der Waals surface area contributed by atoms with Gasteiger partial charge in [0.05, 0.1) is 17.4 Å². The second-order valence-electron chi connectivity index (χ2n) is 6.44. The minimum absolute atomic E-state index is 0.0196. The number of rotatable bonds is 5. The molecule has 2 aromatic rings. The van der Waals surface area contributed by atoms with Crippen LogP contribution >= 0.6 is 15.9 Å². The van der Waals surface area contributed by atoms with E-state index in [0.717, 1.165) is 23.1 Å². The molecule has 4 nitrogen and oxygen atoms in total. The summed E-state index contributed by atoms with van der Waals surface area (Å²) >= 11 is 3.46. The second-order valence-corrected chi connectivity index (χ2v) is 7.35. The highest BCUT2D eigenvalue weighted by atomic mass is 79.9. The van der Waals surface area contributed by atoms with Gasteiger partial charge in [0.15, 0.2) is 0 Å². The van der Waals surface area contributed by atoms with Crippen LogP contribution in [0.25, 0.3) is 0 Å². The summed E-state index contributed by atoms with van der Waals surface area (Å²) in [5.74, 6) is 0. The first-order valence-electron chi connectivity index (χ1n) is 7.24. The molecule has 0 aliphatic heterocycles. The molecule has 1 heterocycles. The first-order valence-corrected chi connectivity index (χ1v) is 8.03. The van der Waals surface area contributed by atoms with E-state index in [0.29, 0.717) is 6.04 Å². The predicted molar refractivity (Wildman–Crippen MR) is 89.2 cm³/mol. The van der Waals surface area contributed by atoms with Crippen LogP contribution in [0.15, 0.2) is 34.9 Å². The van der Waals surface area contributed by atoms with Crippen molar-refractivity contribution in [3.8, 4) is 0 Å². The van der Waals surface area contributed by atoms with Crippen molar-refractivity contribution in [2.75, 3.05) is 0 Å². The minimum atomic E-state index is -0.0196. The molecule has 0 bridgehead atoms. The van der Waals surface area contributed by atoms with Crippen molar-refractivity contribution in [2.24, 2.45) is 0 Å². The van der Waals surface area contributed by atoms with Crippen LogP contribution < -0.4 is 5.32 Å². The molecule has 5 heteroatoms. The third-order valence-electron chi connectivity index (χ3n) is 3.31. The second kappa shape index (κ2) is 6.71. The number of nitrogens with zero attached hydrogens (tertiary/aromatic N) is 3. The Kier molecular flexibility index (Phi) is 5.17. The van der Waals surface area contributed by atoms with Crippen molar-refractivity contribution in [1.82, 2.24) is 20.3 Å². The lowest BCUT2D eigenvalue weighted by Gasteiger charge is -2.17. The smallest absolute Gasteiger partial charge is 0.0965 e. The fraction of sp³-hybridized carbons (Fsp3) is 0.500. The SMILES string of the molecule is CC(Cc1ccc(Br)cc1)NCc1cn(C(C)(C)C)nn1. The molecule has 0 aliphatic rings. The maximum Gasteiger partial charge on any atom is 0.0965 e. The number of benzene rings is 1. The van der Waals surface area contributed by atoms with Crippen molar-refractivity contribution < 1.29 is 0 Å². The van der Waals surface area contributed by atoms with Crippen LogP contribution in [0.5, 0.6) is 0 Å². The van der Waals surface area contributed by atoms with E-state index in [1.54, 1.807) is 0 Å². The van der Waals surface area contributed by atoms with E-state index in [2.05, 4.69) is 83.5 Å². The van der Waals surface area contributed by atoms with Crippen molar-refractivity contribution in [3.63, 3.8) is 0 Å². The Labute approximate surface area is 135 Å². The Morgan fingerprint density at radius 3 is 2.48 bits per heavy atom. The van der Waals surface area contributed by atoms with Gasteiger partial charge in [-0.3, -0.25) is 0 Å². The molecule has 0 spiro atoms. The van der Waals surface area contributed by atoms with Crippen LogP contribution in [0.1, 0.15) is 39.0 Å². The number of aromatic nitrogens is 3. The maximum absolute atomic E-state index is 4.22. The van der Waals surface area contributed by atoms with E-state index >= 15 is 0 Å². The van der Waals surface area contributed by atoms with Crippen molar-refractivity contribution in [2.45, 2.75) is 52.2 Å². The molecule has 0 radical (unpaired) electrons. The van der Waals surface area contributed by atoms with Crippen molar-refractivity contribution >= 4 is 15.9 Å². The highest BCUT2D eigenvalue weighted by Gasteiger charge is 2.15. The number of halogens is 1. The van der Waals surface area contributed by atoms with Gasteiger partial charge in [-0.1, -0.05) is 33.3 Å². The van der Waals surface area contributed by atoms with Gasteiger partial charge < -0.3 is 5.32 Å². The van der Waals surface area contributed by atoms with Crippen LogP contribution in [-0.4, -0.2) is 21.0 Å². The number of nitrogens with one attached hydrogen (secondary N) is 1. The average molecular weight is 351 g/mol. The molecule has 0 amide bonds. The van der Waals surface area contributed by atoms with E-state index in [1.807, 2.05) is 10.9 Å². The summed E-state index contributed by atoms with van der Waals surface area (Å²) in [5, 5.41) is 11.9. The molecule has 0 aliphatic carbocycles. The molecule has 1 N–H and O–H groups in total. The molecule has 0 saturated heterocycles. The van der Waals surface area contributed by atoms with Gasteiger partial charge in [-0.15, -0.1) is 5.10 Å². The Morgan fingerprint density at radius 1 is 1.24 bits per heavy atom. The van der Waals surface area contributed by atoms with E-state index in [1.165, 1.54) is 5.56 Å². The molecular weight excluding hydrogens is 328 g/mol. The molecular formula is C16H23BrN4. The summed E-state index contributed by atoms with van der Waals surface area (Å²) in [5.41, 5.74) is 2.29. The maximum atomic E-state index is 4.22. The lowest BCUT2D eigenvalue weighted by molar-refractivity contribution is 0.347. The molecule has 0 fully saturated rings. The van der Waals surface area contributed by atoms with Gasteiger partial charge in [0.2, 0.25) is 0 Å². The molecule has 21 heavy (non-hydrogen) atoms. The van der Waals surface area contributed by atoms with Gasteiger partial charge in [0.25, 0.3) is 0 Å². The minimum Gasteiger partial charge on any atom is -0.308 e. The van der Waals surface area contributed by atoms with Gasteiger partial charge in [0.1, 0.15) is 0 Å². The first-order chi connectivity index (χ1) is 9.84. The molecule has 114 valence electrons. The summed E-state index contributed by atoms with van der Waals surface area (Å²) in [6.45, 7) is 9.29. The van der Waals surface area contributed by atoms with Crippen molar-refractivity contribution in [1.29, 1.82) is 0 Å². The van der Waals surface area contributed by atoms with Gasteiger partial charge in [0, 0.05) is 17.1 Å². The average Bonchev–Trinajstić information content (AvgIpc) is 2.88. The summed E-state index contributed by atoms with van der Waals surface area (Å²) in [6, 6.07) is 8.86. The fourth-order valence-corrected chi connectivity index (χ4v) is 2.30. The van der Waals surface area contributed by atoms with Crippen LogP contribution in [0.2, 0.25) is 0 Å². The monoisotopic (exact) mass is 350 g/mol. The van der Waals surface area contributed by atoms with Gasteiger partial charge in [-0.2, -0.15) is 0 Å². The highest BCUT2D eigenvalue weighted by molar-refractivity contribution is 9.10. The molecule has 1 unspecified atom stereocenters. The molecule has 0 saturated carbocycles. The Balaban J connectivity index is 1.85. The largest absolute Gasteiger partial charge is 0.308 e. The molecule has 1 aromatic heterocycles. The fourth-order valence-electron chi connectivity index (χ4n) is 2.03. The lowest BCUT2D eigenvalue weighted by atomic mass is 10.1. The summed E-state index contributed by atoms with van der Waals surface area (Å²) in [6.07, 6.45) is 3.01. The lowest BCUT2D eigenvalue weighted by Crippen LogP contribution is -2.27. The Hall–Kier alpha value is -1.20. The van der Waals surface area contributed by atoms with Crippen LogP contribution in [0.3, 0.4) is 0 Å². The summed E-state index contributed by atoms with van der Waals surface area (Å²) < 4.78 is 3.02. The Morgan fingerprint density at radius 2 is 1.90 bits per heavy atom. The van der Waals surface area contributed by atoms with Crippen LogP contribution in [0, 0.1) is 0 Å². The van der Waals surface area contributed by atoms with Gasteiger partial charge >= 0.3 is 0 Å². The van der Waals surface area contributed by atoms with Gasteiger partial charge in [-0.05, 0) is 51.8 Å². The standard InChI is InChI=1S/C16H23BrN4/c1-12(9-13-5-7-14(17)8-6-13)18-10-15-11-21(20-19-15)16(2,3)4/h5-8,11-12,18H,9-10H2,1-4H3. The third kappa shape index (κ3) is 4.93. The van der Waals surface area contributed by atoms with E-state index in [9.17, 15) is 0 Å². The number of hydrogen-bond acceptors (Lipinski definition) is 3. The van der Waals surface area contributed by atoms with Crippen molar-refractivity contribution in [3.05, 3.63) is 46.2 Å². The first kappa shape index (κ1) is 16.2. The highest BCUT2D eigenvalue weighted by Crippen LogP contribution is 2.13. The summed E-state index contributed by atoms with van der Waals surface area (Å²) in [7, 11) is 0. The van der Waals surface area contributed by atoms with E-state index in [4.69, 9.17) is 0 Å². The topological polar surface area (TPSA) is 42.7 Å². The molecule has 1 aromatic carbocycles. The third-order valence-corrected chi connectivity index (χ3v) is 3.84. The van der Waals surface area contributed by atoms with E-state index < -0.39 is 0 Å². The molecule has 1 atom stereocenters. The van der Waals surface area contributed by atoms with E-state index in [-0.39, 0.29) is 5.54 Å². The number of hydrogen-bond donors (Lipinski definition) is 1.